The van der Waals surface area contributed by atoms with E-state index in [4.69, 9.17) is 14.9 Å². The molecule has 0 aliphatic heterocycles. The number of anilines is 1. The number of fused-ring (bicyclic) bond motifs is 1. The van der Waals surface area contributed by atoms with Gasteiger partial charge < -0.3 is 25.5 Å². The third-order valence-corrected chi connectivity index (χ3v) is 3.43. The number of methoxy groups -OCH3 is 1. The van der Waals surface area contributed by atoms with Gasteiger partial charge in [-0.25, -0.2) is 4.98 Å². The fraction of sp³-hybridized carbons (Fsp3) is 0.438. The number of hydrogen-bond acceptors (Lipinski definition) is 6. The second kappa shape index (κ2) is 9.36. The highest BCUT2D eigenvalue weighted by molar-refractivity contribution is 5.96. The molecule has 0 unspecified atom stereocenters. The van der Waals surface area contributed by atoms with E-state index in [1.807, 2.05) is 13.8 Å². The van der Waals surface area contributed by atoms with E-state index in [-0.39, 0.29) is 43.3 Å². The number of nitrogens with zero attached hydrogens (tertiary/aromatic N) is 1. The molecule has 1 aromatic heterocycles. The highest BCUT2D eigenvalue weighted by Gasteiger charge is 2.17. The lowest BCUT2D eigenvalue weighted by Gasteiger charge is -2.15. The molecule has 25 heavy (non-hydrogen) atoms. The Hall–Kier alpha value is -2.16. The summed E-state index contributed by atoms with van der Waals surface area (Å²) in [5.41, 5.74) is 7.50. The second-order valence-corrected chi connectivity index (χ2v) is 5.76. The molecule has 0 saturated carbocycles. The normalized spacial score (nSPS) is 11.9. The van der Waals surface area contributed by atoms with Gasteiger partial charge in [0.2, 0.25) is 17.7 Å². The van der Waals surface area contributed by atoms with Crippen LogP contribution in [0.25, 0.3) is 11.1 Å². The van der Waals surface area contributed by atoms with Crippen molar-refractivity contribution < 1.29 is 18.7 Å². The molecule has 2 rings (SSSR count). The molecule has 8 nitrogen and oxygen atoms in total. The molecule has 138 valence electrons. The number of hydrogen-bond donors (Lipinski definition) is 3. The maximum absolute atomic E-state index is 11.9. The number of nitrogens with two attached hydrogens (primary N) is 1. The van der Waals surface area contributed by atoms with Gasteiger partial charge in [-0.05, 0) is 24.1 Å². The summed E-state index contributed by atoms with van der Waals surface area (Å²) >= 11 is 0. The summed E-state index contributed by atoms with van der Waals surface area (Å²) in [6.45, 7) is 3.81. The van der Waals surface area contributed by atoms with Gasteiger partial charge in [-0.1, -0.05) is 13.8 Å². The van der Waals surface area contributed by atoms with Crippen LogP contribution < -0.4 is 16.4 Å². The monoisotopic (exact) mass is 370 g/mol. The molecular weight excluding hydrogens is 348 g/mol. The number of aromatic nitrogens is 1. The smallest absolute Gasteiger partial charge is 0.243 e. The Morgan fingerprint density at radius 1 is 1.36 bits per heavy atom. The minimum absolute atomic E-state index is 0. The Morgan fingerprint density at radius 3 is 2.72 bits per heavy atom. The lowest BCUT2D eigenvalue weighted by molar-refractivity contribution is -0.125. The van der Waals surface area contributed by atoms with Crippen molar-refractivity contribution in [3.8, 4) is 0 Å². The SMILES string of the molecule is COCc1nc2cc(NC(=O)CNC(=O)[C@@H](N)C(C)C)ccc2o1.Cl. The van der Waals surface area contributed by atoms with Crippen molar-refractivity contribution in [1.82, 2.24) is 10.3 Å². The molecule has 1 atom stereocenters. The summed E-state index contributed by atoms with van der Waals surface area (Å²) in [6, 6.07) is 4.47. The Kier molecular flexibility index (Phi) is 7.82. The number of oxazole rings is 1. The third kappa shape index (κ3) is 5.70. The molecule has 2 aromatic rings. The van der Waals surface area contributed by atoms with E-state index in [9.17, 15) is 9.59 Å². The van der Waals surface area contributed by atoms with Crippen LogP contribution in [-0.2, 0) is 20.9 Å². The number of carbonyl (C=O) groups excluding carboxylic acids is 2. The van der Waals surface area contributed by atoms with Crippen LogP contribution in [0.2, 0.25) is 0 Å². The zero-order valence-corrected chi connectivity index (χ0v) is 15.2. The maximum Gasteiger partial charge on any atom is 0.243 e. The zero-order chi connectivity index (χ0) is 17.7. The van der Waals surface area contributed by atoms with Gasteiger partial charge in [0.15, 0.2) is 5.58 Å². The quantitative estimate of drug-likeness (QED) is 0.678. The van der Waals surface area contributed by atoms with Crippen molar-refractivity contribution in [1.29, 1.82) is 0 Å². The van der Waals surface area contributed by atoms with Crippen molar-refractivity contribution in [2.24, 2.45) is 11.7 Å². The van der Waals surface area contributed by atoms with Crippen LogP contribution in [-0.4, -0.2) is 36.5 Å². The zero-order valence-electron chi connectivity index (χ0n) is 14.4. The topological polar surface area (TPSA) is 119 Å². The fourth-order valence-corrected chi connectivity index (χ4v) is 2.03. The molecule has 9 heteroatoms. The lowest BCUT2D eigenvalue weighted by atomic mass is 10.1. The van der Waals surface area contributed by atoms with E-state index >= 15 is 0 Å². The minimum Gasteiger partial charge on any atom is -0.438 e. The number of rotatable bonds is 7. The average molecular weight is 371 g/mol. The van der Waals surface area contributed by atoms with Gasteiger partial charge in [-0.15, -0.1) is 12.4 Å². The van der Waals surface area contributed by atoms with E-state index < -0.39 is 6.04 Å². The maximum atomic E-state index is 11.9. The molecule has 0 aliphatic carbocycles. The van der Waals surface area contributed by atoms with Crippen LogP contribution in [0.1, 0.15) is 19.7 Å². The summed E-state index contributed by atoms with van der Waals surface area (Å²) in [6.07, 6.45) is 0. The first-order chi connectivity index (χ1) is 11.4. The van der Waals surface area contributed by atoms with Crippen LogP contribution >= 0.6 is 12.4 Å². The lowest BCUT2D eigenvalue weighted by Crippen LogP contribution is -2.46. The second-order valence-electron chi connectivity index (χ2n) is 5.76. The van der Waals surface area contributed by atoms with Crippen molar-refractivity contribution in [3.63, 3.8) is 0 Å². The minimum atomic E-state index is -0.636. The summed E-state index contributed by atoms with van der Waals surface area (Å²) in [7, 11) is 1.56. The molecule has 2 amide bonds. The van der Waals surface area contributed by atoms with Gasteiger partial charge in [-0.3, -0.25) is 9.59 Å². The average Bonchev–Trinajstić information content (AvgIpc) is 2.93. The van der Waals surface area contributed by atoms with E-state index in [2.05, 4.69) is 15.6 Å². The standard InChI is InChI=1S/C16H22N4O4.ClH/c1-9(2)15(17)16(22)18-7-13(21)19-10-4-5-12-11(6-10)20-14(24-12)8-23-3;/h4-6,9,15H,7-8,17H2,1-3H3,(H,18,22)(H,19,21);1H/t15-;/m0./s1. The number of carbonyl (C=O) groups is 2. The van der Waals surface area contributed by atoms with Crippen molar-refractivity contribution in [3.05, 3.63) is 24.1 Å². The number of amides is 2. The van der Waals surface area contributed by atoms with Crippen LogP contribution in [0.5, 0.6) is 0 Å². The van der Waals surface area contributed by atoms with Gasteiger partial charge in [0, 0.05) is 12.8 Å². The summed E-state index contributed by atoms with van der Waals surface area (Å²) in [4.78, 5) is 27.9. The van der Waals surface area contributed by atoms with Gasteiger partial charge in [0.1, 0.15) is 12.1 Å². The highest BCUT2D eigenvalue weighted by Crippen LogP contribution is 2.20. The van der Waals surface area contributed by atoms with Gasteiger partial charge in [0.05, 0.1) is 12.6 Å². The Bertz CT molecular complexity index is 732. The molecule has 0 radical (unpaired) electrons. The molecule has 4 N–H and O–H groups in total. The van der Waals surface area contributed by atoms with Crippen LogP contribution in [0.4, 0.5) is 5.69 Å². The number of ether oxygens (including phenoxy) is 1. The molecular formula is C16H23ClN4O4. The number of nitrogens with one attached hydrogen (secondary N) is 2. The molecule has 0 fully saturated rings. The summed E-state index contributed by atoms with van der Waals surface area (Å²) in [5.74, 6) is -0.231. The van der Waals surface area contributed by atoms with Gasteiger partial charge >= 0.3 is 0 Å². The van der Waals surface area contributed by atoms with E-state index in [1.54, 1.807) is 25.3 Å². The van der Waals surface area contributed by atoms with Crippen molar-refractivity contribution in [2.45, 2.75) is 26.5 Å². The first-order valence-electron chi connectivity index (χ1n) is 7.62. The molecule has 1 heterocycles. The van der Waals surface area contributed by atoms with E-state index in [0.29, 0.717) is 22.7 Å². The fourth-order valence-electron chi connectivity index (χ4n) is 2.03. The molecule has 0 spiro atoms. The van der Waals surface area contributed by atoms with Crippen molar-refractivity contribution in [2.75, 3.05) is 19.0 Å². The molecule has 0 bridgehead atoms. The van der Waals surface area contributed by atoms with Crippen LogP contribution in [0.15, 0.2) is 22.6 Å². The Morgan fingerprint density at radius 2 is 2.08 bits per heavy atom. The predicted molar refractivity (Wildman–Crippen MR) is 96.4 cm³/mol. The third-order valence-electron chi connectivity index (χ3n) is 3.43. The van der Waals surface area contributed by atoms with Crippen LogP contribution in [0, 0.1) is 5.92 Å². The summed E-state index contributed by atoms with van der Waals surface area (Å²) < 4.78 is 10.4. The van der Waals surface area contributed by atoms with Crippen LogP contribution in [0.3, 0.4) is 0 Å². The van der Waals surface area contributed by atoms with E-state index in [0.717, 1.165) is 0 Å². The van der Waals surface area contributed by atoms with E-state index in [1.165, 1.54) is 0 Å². The number of benzene rings is 1. The van der Waals surface area contributed by atoms with Gasteiger partial charge in [0.25, 0.3) is 0 Å². The summed E-state index contributed by atoms with van der Waals surface area (Å²) in [5, 5.41) is 5.21. The van der Waals surface area contributed by atoms with Gasteiger partial charge in [-0.2, -0.15) is 0 Å². The Labute approximate surface area is 151 Å². The molecule has 1 aromatic carbocycles. The first kappa shape index (κ1) is 20.9. The van der Waals surface area contributed by atoms with Crippen molar-refractivity contribution >= 4 is 41.0 Å². The first-order valence-corrected chi connectivity index (χ1v) is 7.62. The number of halogens is 1. The highest BCUT2D eigenvalue weighted by atomic mass is 35.5. The molecule has 0 aliphatic rings. The predicted octanol–water partition coefficient (Wildman–Crippen LogP) is 1.43. The molecule has 0 saturated heterocycles. The Balaban J connectivity index is 0.00000312. The largest absolute Gasteiger partial charge is 0.438 e.